The van der Waals surface area contributed by atoms with Gasteiger partial charge in [-0.2, -0.15) is 9.61 Å². The minimum absolute atomic E-state index is 0.730. The van der Waals surface area contributed by atoms with Crippen molar-refractivity contribution >= 4 is 11.5 Å². The van der Waals surface area contributed by atoms with Gasteiger partial charge in [0, 0.05) is 35.5 Å². The van der Waals surface area contributed by atoms with Gasteiger partial charge in [0.05, 0.1) is 19.9 Å². The molecular formula is C21H29N5O2. The van der Waals surface area contributed by atoms with Crippen molar-refractivity contribution < 1.29 is 9.47 Å². The molecule has 0 aliphatic rings. The topological polar surface area (TPSA) is 63.9 Å². The van der Waals surface area contributed by atoms with Gasteiger partial charge in [-0.25, -0.2) is 4.98 Å². The summed E-state index contributed by atoms with van der Waals surface area (Å²) < 4.78 is 12.7. The molecule has 3 rings (SSSR count). The molecule has 28 heavy (non-hydrogen) atoms. The summed E-state index contributed by atoms with van der Waals surface area (Å²) in [4.78, 5) is 6.90. The SMILES string of the molecule is COc1cc(OC)cc(-c2cc3nc(C)c(C)c(NCCCN(C)C)n3n2)c1. The smallest absolute Gasteiger partial charge is 0.158 e. The number of nitrogens with zero attached hydrogens (tertiary/aromatic N) is 4. The quantitative estimate of drug-likeness (QED) is 0.602. The van der Waals surface area contributed by atoms with Gasteiger partial charge in [0.15, 0.2) is 5.65 Å². The monoisotopic (exact) mass is 383 g/mol. The summed E-state index contributed by atoms with van der Waals surface area (Å²) in [7, 11) is 7.46. The lowest BCUT2D eigenvalue weighted by Gasteiger charge is -2.14. The number of fused-ring (bicyclic) bond motifs is 1. The molecule has 2 heterocycles. The third-order valence-corrected chi connectivity index (χ3v) is 4.80. The van der Waals surface area contributed by atoms with E-state index in [1.54, 1.807) is 14.2 Å². The first-order chi connectivity index (χ1) is 13.4. The van der Waals surface area contributed by atoms with E-state index in [2.05, 4.69) is 31.2 Å². The number of hydrogen-bond acceptors (Lipinski definition) is 6. The largest absolute Gasteiger partial charge is 0.497 e. The summed E-state index contributed by atoms with van der Waals surface area (Å²) >= 11 is 0. The molecule has 0 bridgehead atoms. The molecule has 0 saturated carbocycles. The van der Waals surface area contributed by atoms with Crippen LogP contribution < -0.4 is 14.8 Å². The molecule has 0 spiro atoms. The third-order valence-electron chi connectivity index (χ3n) is 4.80. The van der Waals surface area contributed by atoms with E-state index in [-0.39, 0.29) is 0 Å². The highest BCUT2D eigenvalue weighted by molar-refractivity contribution is 5.69. The third kappa shape index (κ3) is 4.20. The molecule has 0 fully saturated rings. The maximum atomic E-state index is 5.39. The van der Waals surface area contributed by atoms with Crippen LogP contribution in [0.15, 0.2) is 24.3 Å². The Morgan fingerprint density at radius 2 is 1.71 bits per heavy atom. The summed E-state index contributed by atoms with van der Waals surface area (Å²) in [5.41, 5.74) is 4.67. The second-order valence-electron chi connectivity index (χ2n) is 7.16. The van der Waals surface area contributed by atoms with Crippen molar-refractivity contribution in [2.75, 3.05) is 46.7 Å². The number of ether oxygens (including phenoxy) is 2. The predicted molar refractivity (Wildman–Crippen MR) is 113 cm³/mol. The average Bonchev–Trinajstić information content (AvgIpc) is 3.10. The number of anilines is 1. The molecule has 2 aromatic heterocycles. The van der Waals surface area contributed by atoms with Crippen molar-refractivity contribution in [3.63, 3.8) is 0 Å². The zero-order valence-electron chi connectivity index (χ0n) is 17.5. The highest BCUT2D eigenvalue weighted by atomic mass is 16.5. The maximum absolute atomic E-state index is 5.39. The van der Waals surface area contributed by atoms with Crippen LogP contribution in [0.25, 0.3) is 16.9 Å². The van der Waals surface area contributed by atoms with Gasteiger partial charge in [-0.3, -0.25) is 0 Å². The fourth-order valence-corrected chi connectivity index (χ4v) is 3.11. The van der Waals surface area contributed by atoms with E-state index in [1.165, 1.54) is 0 Å². The lowest BCUT2D eigenvalue weighted by molar-refractivity contribution is 0.394. The van der Waals surface area contributed by atoms with Gasteiger partial charge in [0.2, 0.25) is 0 Å². The van der Waals surface area contributed by atoms with Crippen LogP contribution in [0.5, 0.6) is 11.5 Å². The van der Waals surface area contributed by atoms with E-state index in [1.807, 2.05) is 35.7 Å². The second-order valence-corrected chi connectivity index (χ2v) is 7.16. The van der Waals surface area contributed by atoms with Gasteiger partial charge in [0.25, 0.3) is 0 Å². The molecule has 7 heteroatoms. The fraction of sp³-hybridized carbons (Fsp3) is 0.429. The minimum atomic E-state index is 0.730. The number of hydrogen-bond donors (Lipinski definition) is 1. The molecule has 3 aromatic rings. The van der Waals surface area contributed by atoms with Crippen LogP contribution in [0.2, 0.25) is 0 Å². The Morgan fingerprint density at radius 1 is 1.04 bits per heavy atom. The number of aryl methyl sites for hydroxylation is 1. The maximum Gasteiger partial charge on any atom is 0.158 e. The Labute approximate surface area is 166 Å². The number of benzene rings is 1. The van der Waals surface area contributed by atoms with Gasteiger partial charge in [0.1, 0.15) is 17.3 Å². The molecule has 0 atom stereocenters. The van der Waals surface area contributed by atoms with E-state index >= 15 is 0 Å². The van der Waals surface area contributed by atoms with E-state index in [4.69, 9.17) is 19.6 Å². The van der Waals surface area contributed by atoms with Gasteiger partial charge >= 0.3 is 0 Å². The average molecular weight is 383 g/mol. The van der Waals surface area contributed by atoms with Crippen LogP contribution in [0.3, 0.4) is 0 Å². The zero-order chi connectivity index (χ0) is 20.3. The number of rotatable bonds is 8. The number of methoxy groups -OCH3 is 2. The van der Waals surface area contributed by atoms with Crippen LogP contribution >= 0.6 is 0 Å². The summed E-state index contributed by atoms with van der Waals surface area (Å²) in [6.45, 7) is 6.01. The first kappa shape index (κ1) is 19.9. The van der Waals surface area contributed by atoms with Crippen LogP contribution in [-0.2, 0) is 0 Å². The Morgan fingerprint density at radius 3 is 2.32 bits per heavy atom. The van der Waals surface area contributed by atoms with Crippen LogP contribution in [0.4, 0.5) is 5.82 Å². The fourth-order valence-electron chi connectivity index (χ4n) is 3.11. The number of aromatic nitrogens is 3. The first-order valence-corrected chi connectivity index (χ1v) is 9.42. The highest BCUT2D eigenvalue weighted by Gasteiger charge is 2.14. The predicted octanol–water partition coefficient (Wildman–Crippen LogP) is 3.39. The molecule has 0 radical (unpaired) electrons. The summed E-state index contributed by atoms with van der Waals surface area (Å²) in [6, 6.07) is 7.75. The minimum Gasteiger partial charge on any atom is -0.497 e. The summed E-state index contributed by atoms with van der Waals surface area (Å²) in [6.07, 6.45) is 1.05. The Bertz CT molecular complexity index is 943. The highest BCUT2D eigenvalue weighted by Crippen LogP contribution is 2.30. The Balaban J connectivity index is 2.00. The van der Waals surface area contributed by atoms with Crippen molar-refractivity contribution in [3.8, 4) is 22.8 Å². The molecule has 7 nitrogen and oxygen atoms in total. The summed E-state index contributed by atoms with van der Waals surface area (Å²) in [5, 5.41) is 8.37. The zero-order valence-corrected chi connectivity index (χ0v) is 17.5. The van der Waals surface area contributed by atoms with Gasteiger partial charge < -0.3 is 19.7 Å². The van der Waals surface area contributed by atoms with E-state index in [0.717, 1.165) is 65.0 Å². The molecule has 1 aromatic carbocycles. The molecule has 150 valence electrons. The first-order valence-electron chi connectivity index (χ1n) is 9.42. The van der Waals surface area contributed by atoms with Crippen LogP contribution in [0, 0.1) is 13.8 Å². The van der Waals surface area contributed by atoms with Crippen molar-refractivity contribution in [2.24, 2.45) is 0 Å². The van der Waals surface area contributed by atoms with Gasteiger partial charge in [-0.05, 0) is 53.0 Å². The lowest BCUT2D eigenvalue weighted by Crippen LogP contribution is -2.18. The standard InChI is InChI=1S/C21H29N5O2/c1-14-15(2)23-20-13-19(16-10-17(27-5)12-18(11-16)28-6)24-26(20)21(14)22-8-7-9-25(3)4/h10-13,22H,7-9H2,1-6H3. The van der Waals surface area contributed by atoms with Crippen LogP contribution in [0.1, 0.15) is 17.7 Å². The molecule has 0 unspecified atom stereocenters. The van der Waals surface area contributed by atoms with Crippen molar-refractivity contribution in [2.45, 2.75) is 20.3 Å². The molecule has 0 amide bonds. The lowest BCUT2D eigenvalue weighted by atomic mass is 10.1. The molecule has 0 aliphatic heterocycles. The molecule has 0 saturated heterocycles. The summed E-state index contributed by atoms with van der Waals surface area (Å²) in [5.74, 6) is 2.45. The van der Waals surface area contributed by atoms with Gasteiger partial charge in [-0.1, -0.05) is 0 Å². The van der Waals surface area contributed by atoms with E-state index in [0.29, 0.717) is 0 Å². The van der Waals surface area contributed by atoms with E-state index in [9.17, 15) is 0 Å². The van der Waals surface area contributed by atoms with Gasteiger partial charge in [-0.15, -0.1) is 0 Å². The van der Waals surface area contributed by atoms with Crippen LogP contribution in [-0.4, -0.2) is 60.9 Å². The molecule has 0 aliphatic carbocycles. The Kier molecular flexibility index (Phi) is 6.04. The van der Waals surface area contributed by atoms with Crippen molar-refractivity contribution in [1.82, 2.24) is 19.5 Å². The van der Waals surface area contributed by atoms with Crippen molar-refractivity contribution in [1.29, 1.82) is 0 Å². The number of nitrogens with one attached hydrogen (secondary N) is 1. The molecular weight excluding hydrogens is 354 g/mol. The second kappa shape index (κ2) is 8.48. The Hall–Kier alpha value is -2.80. The van der Waals surface area contributed by atoms with Crippen molar-refractivity contribution in [3.05, 3.63) is 35.5 Å². The molecule has 1 N–H and O–H groups in total. The van der Waals surface area contributed by atoms with E-state index < -0.39 is 0 Å². The normalized spacial score (nSPS) is 11.2.